The van der Waals surface area contributed by atoms with E-state index >= 15 is 0 Å². The molecule has 1 aromatic carbocycles. The number of hydrogen-bond donors (Lipinski definition) is 0. The summed E-state index contributed by atoms with van der Waals surface area (Å²) in [7, 11) is 1.38. The molecule has 2 rings (SSSR count). The molecule has 1 fully saturated rings. The number of ether oxygens (including phenoxy) is 3. The van der Waals surface area contributed by atoms with E-state index in [-0.39, 0.29) is 11.2 Å². The number of benzene rings is 1. The largest absolute Gasteiger partial charge is 0.493 e. The van der Waals surface area contributed by atoms with Crippen molar-refractivity contribution in [1.29, 1.82) is 0 Å². The second kappa shape index (κ2) is 7.29. The maximum atomic E-state index is 12.8. The topological polar surface area (TPSA) is 82.1 Å². The van der Waals surface area contributed by atoms with Gasteiger partial charge in [0, 0.05) is 19.3 Å². The Morgan fingerprint density at radius 2 is 1.62 bits per heavy atom. The molecule has 7 nitrogen and oxygen atoms in total. The molecule has 0 N–H and O–H groups in total. The van der Waals surface area contributed by atoms with E-state index in [4.69, 9.17) is 14.2 Å². The normalized spacial score (nSPS) is 15.9. The van der Waals surface area contributed by atoms with Crippen molar-refractivity contribution in [2.45, 2.75) is 18.1 Å². The zero-order chi connectivity index (χ0) is 17.9. The average Bonchev–Trinajstić information content (AvgIpc) is 2.58. The Balaban J connectivity index is 2.25. The van der Waals surface area contributed by atoms with Crippen LogP contribution in [0, 0.1) is 0 Å². The molecule has 134 valence electrons. The van der Waals surface area contributed by atoms with Crippen LogP contribution >= 0.6 is 0 Å². The Bertz CT molecular complexity index is 708. The van der Waals surface area contributed by atoms with Crippen molar-refractivity contribution in [3.05, 3.63) is 17.7 Å². The van der Waals surface area contributed by atoms with Gasteiger partial charge in [0.15, 0.2) is 11.5 Å². The van der Waals surface area contributed by atoms with Crippen molar-refractivity contribution in [2.75, 3.05) is 40.7 Å². The minimum Gasteiger partial charge on any atom is -0.493 e. The van der Waals surface area contributed by atoms with E-state index in [1.165, 1.54) is 27.6 Å². The van der Waals surface area contributed by atoms with E-state index in [1.54, 1.807) is 17.0 Å². The van der Waals surface area contributed by atoms with Gasteiger partial charge < -0.3 is 19.1 Å². The number of sulfone groups is 1. The van der Waals surface area contributed by atoms with Crippen LogP contribution in [-0.4, -0.2) is 65.1 Å². The van der Waals surface area contributed by atoms with Gasteiger partial charge in [0.25, 0.3) is 5.91 Å². The molecule has 1 aromatic rings. The van der Waals surface area contributed by atoms with Gasteiger partial charge in [0.1, 0.15) is 9.84 Å². The van der Waals surface area contributed by atoms with Crippen LogP contribution in [0.2, 0.25) is 0 Å². The molecule has 0 aromatic heterocycles. The van der Waals surface area contributed by atoms with Crippen LogP contribution in [0.25, 0.3) is 0 Å². The summed E-state index contributed by atoms with van der Waals surface area (Å²) in [6, 6.07) is 3.28. The highest BCUT2D eigenvalue weighted by Crippen LogP contribution is 2.40. The molecule has 1 heterocycles. The summed E-state index contributed by atoms with van der Waals surface area (Å²) >= 11 is 0. The van der Waals surface area contributed by atoms with Crippen molar-refractivity contribution in [3.63, 3.8) is 0 Å². The minimum atomic E-state index is -3.07. The molecule has 0 saturated carbocycles. The summed E-state index contributed by atoms with van der Waals surface area (Å²) in [5.41, 5.74) is 0.368. The Hall–Kier alpha value is -1.96. The Kier molecular flexibility index (Phi) is 5.58. The van der Waals surface area contributed by atoms with Gasteiger partial charge >= 0.3 is 0 Å². The number of carbonyl (C=O) groups is 1. The Morgan fingerprint density at radius 1 is 1.04 bits per heavy atom. The third-order valence-corrected chi connectivity index (χ3v) is 5.95. The Labute approximate surface area is 142 Å². The monoisotopic (exact) mass is 357 g/mol. The van der Waals surface area contributed by atoms with Crippen LogP contribution in [0.4, 0.5) is 0 Å². The lowest BCUT2D eigenvalue weighted by atomic mass is 10.1. The van der Waals surface area contributed by atoms with Gasteiger partial charge in [-0.2, -0.15) is 0 Å². The van der Waals surface area contributed by atoms with Crippen molar-refractivity contribution in [2.24, 2.45) is 0 Å². The smallest absolute Gasteiger partial charge is 0.257 e. The van der Waals surface area contributed by atoms with Crippen molar-refractivity contribution in [3.8, 4) is 17.2 Å². The number of carbonyl (C=O) groups excluding carboxylic acids is 1. The van der Waals surface area contributed by atoms with Crippen molar-refractivity contribution >= 4 is 15.7 Å². The molecule has 1 saturated heterocycles. The molecule has 0 atom stereocenters. The van der Waals surface area contributed by atoms with E-state index in [2.05, 4.69) is 0 Å². The molecule has 24 heavy (non-hydrogen) atoms. The molecule has 1 amide bonds. The molecule has 0 bridgehead atoms. The van der Waals surface area contributed by atoms with E-state index < -0.39 is 9.84 Å². The van der Waals surface area contributed by atoms with E-state index in [1.807, 2.05) is 0 Å². The second-order valence-electron chi connectivity index (χ2n) is 5.70. The molecule has 8 heteroatoms. The summed E-state index contributed by atoms with van der Waals surface area (Å²) in [5.74, 6) is 0.936. The number of likely N-dealkylation sites (tertiary alicyclic amines) is 1. The van der Waals surface area contributed by atoms with Crippen LogP contribution in [0.15, 0.2) is 12.1 Å². The third-order valence-electron chi connectivity index (χ3n) is 4.27. The van der Waals surface area contributed by atoms with Crippen LogP contribution in [0.3, 0.4) is 0 Å². The quantitative estimate of drug-likeness (QED) is 0.791. The summed E-state index contributed by atoms with van der Waals surface area (Å²) < 4.78 is 39.1. The molecule has 1 aliphatic rings. The van der Waals surface area contributed by atoms with Gasteiger partial charge in [-0.25, -0.2) is 8.42 Å². The first-order valence-electron chi connectivity index (χ1n) is 7.60. The first-order valence-corrected chi connectivity index (χ1v) is 9.56. The number of hydrogen-bond acceptors (Lipinski definition) is 6. The van der Waals surface area contributed by atoms with Gasteiger partial charge in [-0.1, -0.05) is 0 Å². The van der Waals surface area contributed by atoms with Gasteiger partial charge in [0.2, 0.25) is 5.75 Å². The Morgan fingerprint density at radius 3 is 2.08 bits per heavy atom. The SMILES string of the molecule is COc1ccc(C(=O)N2CCC(S(C)(=O)=O)CC2)c(OC)c1OC. The van der Waals surface area contributed by atoms with E-state index in [0.717, 1.165) is 0 Å². The lowest BCUT2D eigenvalue weighted by molar-refractivity contribution is 0.0721. The van der Waals surface area contributed by atoms with Gasteiger partial charge in [-0.15, -0.1) is 0 Å². The van der Waals surface area contributed by atoms with E-state index in [9.17, 15) is 13.2 Å². The summed E-state index contributed by atoms with van der Waals surface area (Å²) in [6.45, 7) is 0.794. The number of nitrogens with zero attached hydrogens (tertiary/aromatic N) is 1. The van der Waals surface area contributed by atoms with Gasteiger partial charge in [-0.3, -0.25) is 4.79 Å². The average molecular weight is 357 g/mol. The molecular weight excluding hydrogens is 334 g/mol. The zero-order valence-corrected chi connectivity index (χ0v) is 15.2. The fraction of sp³-hybridized carbons (Fsp3) is 0.562. The van der Waals surface area contributed by atoms with E-state index in [0.29, 0.717) is 48.7 Å². The standard InChI is InChI=1S/C16H23NO6S/c1-21-13-6-5-12(14(22-2)15(13)23-3)16(18)17-9-7-11(8-10-17)24(4,19)20/h5-6,11H,7-10H2,1-4H3. The van der Waals surface area contributed by atoms with Crippen LogP contribution < -0.4 is 14.2 Å². The summed E-state index contributed by atoms with van der Waals surface area (Å²) in [4.78, 5) is 14.4. The zero-order valence-electron chi connectivity index (χ0n) is 14.4. The molecule has 0 radical (unpaired) electrons. The third kappa shape index (κ3) is 3.58. The first kappa shape index (κ1) is 18.4. The van der Waals surface area contributed by atoms with Crippen LogP contribution in [-0.2, 0) is 9.84 Å². The predicted octanol–water partition coefficient (Wildman–Crippen LogP) is 1.36. The highest BCUT2D eigenvalue weighted by molar-refractivity contribution is 7.91. The highest BCUT2D eigenvalue weighted by atomic mass is 32.2. The van der Waals surface area contributed by atoms with Gasteiger partial charge in [-0.05, 0) is 25.0 Å². The lowest BCUT2D eigenvalue weighted by Gasteiger charge is -2.31. The predicted molar refractivity (Wildman–Crippen MR) is 89.9 cm³/mol. The van der Waals surface area contributed by atoms with Crippen LogP contribution in [0.1, 0.15) is 23.2 Å². The number of piperidine rings is 1. The summed E-state index contributed by atoms with van der Waals surface area (Å²) in [5, 5.41) is -0.381. The van der Waals surface area contributed by atoms with Gasteiger partial charge in [0.05, 0.1) is 32.1 Å². The second-order valence-corrected chi connectivity index (χ2v) is 8.03. The summed E-state index contributed by atoms with van der Waals surface area (Å²) in [6.07, 6.45) is 2.13. The first-order chi connectivity index (χ1) is 11.3. The molecule has 0 spiro atoms. The molecule has 1 aliphatic heterocycles. The number of rotatable bonds is 5. The molecule has 0 unspecified atom stereocenters. The minimum absolute atomic E-state index is 0.209. The lowest BCUT2D eigenvalue weighted by Crippen LogP contribution is -2.42. The van der Waals surface area contributed by atoms with Crippen molar-refractivity contribution in [1.82, 2.24) is 4.90 Å². The highest BCUT2D eigenvalue weighted by Gasteiger charge is 2.31. The van der Waals surface area contributed by atoms with Crippen molar-refractivity contribution < 1.29 is 27.4 Å². The fourth-order valence-electron chi connectivity index (χ4n) is 2.93. The molecule has 0 aliphatic carbocycles. The maximum absolute atomic E-state index is 12.8. The number of methoxy groups -OCH3 is 3. The molecular formula is C16H23NO6S. The number of amides is 1. The van der Waals surface area contributed by atoms with Crippen LogP contribution in [0.5, 0.6) is 17.2 Å². The fourth-order valence-corrected chi connectivity index (χ4v) is 3.99. The maximum Gasteiger partial charge on any atom is 0.257 e.